The summed E-state index contributed by atoms with van der Waals surface area (Å²) >= 11 is 0. The lowest BCUT2D eigenvalue weighted by atomic mass is 9.79. The van der Waals surface area contributed by atoms with E-state index in [1.165, 1.54) is 0 Å². The largest absolute Gasteiger partial charge is 0.390 e. The first-order valence-electron chi connectivity index (χ1n) is 10.9. The van der Waals surface area contributed by atoms with Crippen molar-refractivity contribution < 1.29 is 24.8 Å². The number of ether oxygens (including phenoxy) is 2. The molecule has 0 aromatic carbocycles. The molecule has 2 aliphatic carbocycles. The summed E-state index contributed by atoms with van der Waals surface area (Å²) in [5, 5.41) is 37.3. The number of hydrogen-bond acceptors (Lipinski definition) is 7. The summed E-state index contributed by atoms with van der Waals surface area (Å²) < 4.78 is 12.5. The molecule has 1 aliphatic heterocycles. The second kappa shape index (κ2) is 8.46. The molecule has 2 saturated carbocycles. The first-order valence-corrected chi connectivity index (χ1v) is 10.9. The average Bonchev–Trinajstić information content (AvgIpc) is 3.06. The molecule has 5 N–H and O–H groups in total. The van der Waals surface area contributed by atoms with Crippen molar-refractivity contribution in [3.63, 3.8) is 0 Å². The molecule has 0 bridgehead atoms. The van der Waals surface area contributed by atoms with Gasteiger partial charge in [-0.3, -0.25) is 0 Å². The number of fused-ring (bicyclic) bond motifs is 1. The number of aliphatic hydroxyl groups excluding tert-OH is 3. The molecule has 7 heteroatoms. The second-order valence-corrected chi connectivity index (χ2v) is 10.1. The van der Waals surface area contributed by atoms with Crippen molar-refractivity contribution in [3.05, 3.63) is 0 Å². The van der Waals surface area contributed by atoms with Crippen molar-refractivity contribution >= 4 is 0 Å². The van der Waals surface area contributed by atoms with Crippen LogP contribution in [0.3, 0.4) is 0 Å². The Bertz CT molecular complexity index is 533. The molecule has 3 rings (SSSR count). The van der Waals surface area contributed by atoms with Gasteiger partial charge in [-0.15, -0.1) is 0 Å². The molecule has 9 atom stereocenters. The van der Waals surface area contributed by atoms with Crippen LogP contribution in [0.1, 0.15) is 73.1 Å². The Balaban J connectivity index is 1.50. The Morgan fingerprint density at radius 2 is 1.68 bits per heavy atom. The molecule has 3 fully saturated rings. The van der Waals surface area contributed by atoms with Crippen LogP contribution in [0.25, 0.3) is 0 Å². The predicted octanol–water partition coefficient (Wildman–Crippen LogP) is 1.04. The molecule has 0 aromatic heterocycles. The van der Waals surface area contributed by atoms with E-state index >= 15 is 0 Å². The van der Waals surface area contributed by atoms with Gasteiger partial charge in [-0.2, -0.15) is 0 Å². The highest BCUT2D eigenvalue weighted by Gasteiger charge is 2.55. The first kappa shape index (κ1) is 22.4. The number of nitrogens with one attached hydrogen (secondary N) is 2. The average molecular weight is 401 g/mol. The molecular formula is C21H40N2O5. The zero-order valence-electron chi connectivity index (χ0n) is 18.0. The third kappa shape index (κ3) is 5.06. The summed E-state index contributed by atoms with van der Waals surface area (Å²) in [6.45, 7) is 10.4. The molecule has 164 valence electrons. The molecule has 5 unspecified atom stereocenters. The van der Waals surface area contributed by atoms with Crippen LogP contribution in [0.5, 0.6) is 0 Å². The fraction of sp³-hybridized carbons (Fsp3) is 1.00. The summed E-state index contributed by atoms with van der Waals surface area (Å²) in [6, 6.07) is 0.679. The maximum atomic E-state index is 10.4. The zero-order chi connectivity index (χ0) is 20.7. The van der Waals surface area contributed by atoms with Crippen LogP contribution in [0.15, 0.2) is 0 Å². The monoisotopic (exact) mass is 400 g/mol. The maximum absolute atomic E-state index is 10.4. The van der Waals surface area contributed by atoms with Gasteiger partial charge >= 0.3 is 0 Å². The van der Waals surface area contributed by atoms with Crippen LogP contribution in [0.4, 0.5) is 0 Å². The van der Waals surface area contributed by atoms with Gasteiger partial charge in [0.15, 0.2) is 5.79 Å². The van der Waals surface area contributed by atoms with Crippen LogP contribution in [0, 0.1) is 0 Å². The summed E-state index contributed by atoms with van der Waals surface area (Å²) in [5.41, 5.74) is -0.171. The van der Waals surface area contributed by atoms with Gasteiger partial charge in [-0.25, -0.2) is 0 Å². The molecule has 0 aromatic rings. The van der Waals surface area contributed by atoms with Crippen LogP contribution >= 0.6 is 0 Å². The standard InChI is InChI=1S/C21H40N2O5/c1-12(2)22-14-10-16(25)19-18(14)27-21(5,28-19)9-6-13(3)23-20(4)8-7-15(24)17(26)11-20/h12-19,22-26H,6-11H2,1-5H3/t13?,14-,15?,16+,17?,18+,19-,20?,21?/m1/s1. The van der Waals surface area contributed by atoms with Crippen molar-refractivity contribution in [2.24, 2.45) is 0 Å². The van der Waals surface area contributed by atoms with Crippen molar-refractivity contribution in [2.75, 3.05) is 0 Å². The molecule has 0 amide bonds. The van der Waals surface area contributed by atoms with Crippen molar-refractivity contribution in [3.8, 4) is 0 Å². The quantitative estimate of drug-likeness (QED) is 0.435. The minimum Gasteiger partial charge on any atom is -0.390 e. The first-order chi connectivity index (χ1) is 13.0. The fourth-order valence-corrected chi connectivity index (χ4v) is 5.22. The van der Waals surface area contributed by atoms with Crippen molar-refractivity contribution in [1.29, 1.82) is 0 Å². The number of hydrogen-bond donors (Lipinski definition) is 5. The Morgan fingerprint density at radius 1 is 1.00 bits per heavy atom. The Labute approximate surface area is 169 Å². The smallest absolute Gasteiger partial charge is 0.166 e. The molecular weight excluding hydrogens is 360 g/mol. The summed E-state index contributed by atoms with van der Waals surface area (Å²) in [5.74, 6) is -0.688. The van der Waals surface area contributed by atoms with Gasteiger partial charge in [0.2, 0.25) is 0 Å². The van der Waals surface area contributed by atoms with Gasteiger partial charge in [0.25, 0.3) is 0 Å². The van der Waals surface area contributed by atoms with Gasteiger partial charge < -0.3 is 35.4 Å². The number of aliphatic hydroxyl groups is 3. The van der Waals surface area contributed by atoms with E-state index in [9.17, 15) is 15.3 Å². The zero-order valence-corrected chi connectivity index (χ0v) is 18.0. The molecule has 0 spiro atoms. The molecule has 1 saturated heterocycles. The summed E-state index contributed by atoms with van der Waals surface area (Å²) in [7, 11) is 0. The van der Waals surface area contributed by atoms with E-state index < -0.39 is 24.1 Å². The van der Waals surface area contributed by atoms with E-state index in [4.69, 9.17) is 9.47 Å². The molecule has 7 nitrogen and oxygen atoms in total. The van der Waals surface area contributed by atoms with E-state index in [1.807, 2.05) is 6.92 Å². The van der Waals surface area contributed by atoms with Crippen molar-refractivity contribution in [1.82, 2.24) is 10.6 Å². The van der Waals surface area contributed by atoms with Gasteiger partial charge in [0, 0.05) is 30.1 Å². The van der Waals surface area contributed by atoms with Gasteiger partial charge in [0.1, 0.15) is 12.2 Å². The Kier molecular flexibility index (Phi) is 6.77. The van der Waals surface area contributed by atoms with Crippen molar-refractivity contribution in [2.45, 2.75) is 133 Å². The van der Waals surface area contributed by atoms with Crippen LogP contribution in [-0.4, -0.2) is 75.3 Å². The summed E-state index contributed by atoms with van der Waals surface area (Å²) in [4.78, 5) is 0. The van der Waals surface area contributed by atoms with Crippen LogP contribution in [-0.2, 0) is 9.47 Å². The lowest BCUT2D eigenvalue weighted by Gasteiger charge is -2.41. The minimum atomic E-state index is -0.688. The lowest BCUT2D eigenvalue weighted by molar-refractivity contribution is -0.183. The highest BCUT2D eigenvalue weighted by Crippen LogP contribution is 2.41. The highest BCUT2D eigenvalue weighted by molar-refractivity contribution is 5.03. The Hall–Kier alpha value is -0.280. The second-order valence-electron chi connectivity index (χ2n) is 10.1. The SMILES string of the molecule is CC(C)N[C@@H]1C[C@H](O)[C@H]2OC(C)(CCC(C)NC3(C)CCC(O)C(O)C3)O[C@H]21. The van der Waals surface area contributed by atoms with E-state index in [1.54, 1.807) is 0 Å². The molecule has 1 heterocycles. The Morgan fingerprint density at radius 3 is 2.32 bits per heavy atom. The third-order valence-corrected chi connectivity index (χ3v) is 6.64. The van der Waals surface area contributed by atoms with E-state index in [0.717, 1.165) is 19.3 Å². The highest BCUT2D eigenvalue weighted by atomic mass is 16.8. The fourth-order valence-electron chi connectivity index (χ4n) is 5.22. The van der Waals surface area contributed by atoms with Crippen LogP contribution < -0.4 is 10.6 Å². The lowest BCUT2D eigenvalue weighted by Crippen LogP contribution is -2.54. The van der Waals surface area contributed by atoms with Gasteiger partial charge in [-0.1, -0.05) is 13.8 Å². The third-order valence-electron chi connectivity index (χ3n) is 6.64. The van der Waals surface area contributed by atoms with E-state index in [-0.39, 0.29) is 29.8 Å². The van der Waals surface area contributed by atoms with Gasteiger partial charge in [-0.05, 0) is 52.9 Å². The minimum absolute atomic E-state index is 0.113. The molecule has 0 radical (unpaired) electrons. The van der Waals surface area contributed by atoms with Gasteiger partial charge in [0.05, 0.1) is 18.3 Å². The normalized spacial score (nSPS) is 47.5. The summed E-state index contributed by atoms with van der Waals surface area (Å²) in [6.07, 6.45) is 2.13. The topological polar surface area (TPSA) is 103 Å². The number of rotatable bonds is 7. The molecule has 28 heavy (non-hydrogen) atoms. The maximum Gasteiger partial charge on any atom is 0.166 e. The van der Waals surface area contributed by atoms with E-state index in [0.29, 0.717) is 25.3 Å². The predicted molar refractivity (Wildman–Crippen MR) is 107 cm³/mol. The van der Waals surface area contributed by atoms with E-state index in [2.05, 4.69) is 38.3 Å². The molecule has 3 aliphatic rings. The van der Waals surface area contributed by atoms with Crippen LogP contribution in [0.2, 0.25) is 0 Å².